The van der Waals surface area contributed by atoms with Gasteiger partial charge in [-0.2, -0.15) is 0 Å². The Bertz CT molecular complexity index is 1000. The fourth-order valence-corrected chi connectivity index (χ4v) is 7.11. The van der Waals surface area contributed by atoms with Gasteiger partial charge in [-0.05, 0) is 75.0 Å². The number of hydrogen-bond acceptors (Lipinski definition) is 5. The van der Waals surface area contributed by atoms with Crippen molar-refractivity contribution in [2.45, 2.75) is 85.2 Å². The molecule has 1 aromatic carbocycles. The van der Waals surface area contributed by atoms with Crippen LogP contribution >= 0.6 is 0 Å². The third kappa shape index (κ3) is 3.68. The van der Waals surface area contributed by atoms with E-state index in [1.807, 2.05) is 0 Å². The van der Waals surface area contributed by atoms with Gasteiger partial charge >= 0.3 is 0 Å². The summed E-state index contributed by atoms with van der Waals surface area (Å²) in [6.45, 7) is 13.3. The molecule has 33 heavy (non-hydrogen) atoms. The minimum Gasteiger partial charge on any atom is -0.507 e. The third-order valence-corrected chi connectivity index (χ3v) is 8.82. The van der Waals surface area contributed by atoms with Gasteiger partial charge in [-0.25, -0.2) is 0 Å². The maximum atomic E-state index is 12.1. The van der Waals surface area contributed by atoms with Gasteiger partial charge in [0.2, 0.25) is 0 Å². The largest absolute Gasteiger partial charge is 0.507 e. The topological polar surface area (TPSA) is 83.8 Å². The minimum atomic E-state index is -0.559. The lowest BCUT2D eigenvalue weighted by Crippen LogP contribution is -2.49. The molecular weight excluding hydrogens is 416 g/mol. The molecule has 5 heteroatoms. The van der Waals surface area contributed by atoms with E-state index in [0.29, 0.717) is 35.9 Å². The Morgan fingerprint density at radius 1 is 1.09 bits per heavy atom. The van der Waals surface area contributed by atoms with Gasteiger partial charge in [0.1, 0.15) is 22.8 Å². The Kier molecular flexibility index (Phi) is 5.91. The molecule has 3 aliphatic rings. The predicted molar refractivity (Wildman–Crippen MR) is 128 cm³/mol. The van der Waals surface area contributed by atoms with Gasteiger partial charge in [0.15, 0.2) is 12.6 Å². The second kappa shape index (κ2) is 8.18. The van der Waals surface area contributed by atoms with Gasteiger partial charge in [-0.15, -0.1) is 0 Å². The van der Waals surface area contributed by atoms with Crippen LogP contribution in [-0.4, -0.2) is 28.4 Å². The van der Waals surface area contributed by atoms with Gasteiger partial charge < -0.3 is 14.9 Å². The van der Waals surface area contributed by atoms with Gasteiger partial charge in [-0.1, -0.05) is 39.3 Å². The average Bonchev–Trinajstić information content (AvgIpc) is 3.25. The van der Waals surface area contributed by atoms with E-state index < -0.39 is 11.4 Å². The minimum absolute atomic E-state index is 0.0336. The summed E-state index contributed by atoms with van der Waals surface area (Å²) in [5.41, 5.74) is 1.28. The second-order valence-electron chi connectivity index (χ2n) is 11.8. The van der Waals surface area contributed by atoms with Crippen molar-refractivity contribution in [2.75, 3.05) is 0 Å². The van der Waals surface area contributed by atoms with Gasteiger partial charge in [0.05, 0.1) is 11.1 Å². The average molecular weight is 455 g/mol. The molecule has 2 N–H and O–H groups in total. The molecule has 180 valence electrons. The number of ether oxygens (including phenoxy) is 1. The Balaban J connectivity index is 1.98. The molecule has 5 atom stereocenters. The summed E-state index contributed by atoms with van der Waals surface area (Å²) in [6.07, 6.45) is 7.99. The first-order valence-corrected chi connectivity index (χ1v) is 12.3. The quantitative estimate of drug-likeness (QED) is 0.405. The Labute approximate surface area is 197 Å². The van der Waals surface area contributed by atoms with Gasteiger partial charge in [0.25, 0.3) is 0 Å². The molecule has 0 radical (unpaired) electrons. The van der Waals surface area contributed by atoms with Crippen molar-refractivity contribution >= 4 is 12.6 Å². The number of rotatable bonds is 4. The molecule has 0 bridgehead atoms. The van der Waals surface area contributed by atoms with E-state index in [-0.39, 0.29) is 39.9 Å². The first-order valence-electron chi connectivity index (χ1n) is 12.3. The van der Waals surface area contributed by atoms with Crippen molar-refractivity contribution in [3.63, 3.8) is 0 Å². The zero-order chi connectivity index (χ0) is 24.3. The fraction of sp³-hybridized carbons (Fsp3) is 0.643. The van der Waals surface area contributed by atoms with Crippen molar-refractivity contribution in [3.05, 3.63) is 28.3 Å². The lowest BCUT2D eigenvalue weighted by molar-refractivity contribution is -0.0348. The second-order valence-corrected chi connectivity index (χ2v) is 11.8. The van der Waals surface area contributed by atoms with Crippen LogP contribution in [0, 0.1) is 29.1 Å². The van der Waals surface area contributed by atoms with Crippen LogP contribution in [0.25, 0.3) is 0 Å². The van der Waals surface area contributed by atoms with E-state index >= 15 is 0 Å². The highest BCUT2D eigenvalue weighted by molar-refractivity contribution is 5.95. The standard InChI is InChI=1S/C28H38O5/c1-15(2)12-17-21-25(32)18(13-29)24(31)19(14-30)26(21)33-28(6)11-7-8-16(3)9-10-20-23(22(17)28)27(20,4)5/h8,13-15,17,20,22-23,31-32H,7,9-12H2,1-6H3. The summed E-state index contributed by atoms with van der Waals surface area (Å²) in [5.74, 6) is 0.888. The zero-order valence-electron chi connectivity index (χ0n) is 20.8. The van der Waals surface area contributed by atoms with Crippen LogP contribution in [0.5, 0.6) is 17.2 Å². The number of fused-ring (bicyclic) bond motifs is 4. The number of carbonyl (C=O) groups is 2. The normalized spacial score (nSPS) is 32.5. The van der Waals surface area contributed by atoms with Crippen LogP contribution in [0.4, 0.5) is 0 Å². The van der Waals surface area contributed by atoms with E-state index in [1.54, 1.807) is 0 Å². The third-order valence-electron chi connectivity index (χ3n) is 8.82. The summed E-state index contributed by atoms with van der Waals surface area (Å²) in [5, 5.41) is 21.8. The number of phenols is 2. The molecule has 0 spiro atoms. The summed E-state index contributed by atoms with van der Waals surface area (Å²) in [7, 11) is 0. The zero-order valence-corrected chi connectivity index (χ0v) is 20.8. The molecule has 1 fully saturated rings. The summed E-state index contributed by atoms with van der Waals surface area (Å²) < 4.78 is 6.68. The molecule has 0 saturated heterocycles. The van der Waals surface area contributed by atoms with Crippen molar-refractivity contribution in [2.24, 2.45) is 29.1 Å². The van der Waals surface area contributed by atoms with Crippen LogP contribution in [0.1, 0.15) is 106 Å². The van der Waals surface area contributed by atoms with Crippen LogP contribution in [-0.2, 0) is 0 Å². The van der Waals surface area contributed by atoms with Gasteiger partial charge in [-0.3, -0.25) is 9.59 Å². The molecule has 1 heterocycles. The molecule has 1 saturated carbocycles. The molecule has 0 aromatic heterocycles. The number of carbonyl (C=O) groups excluding carboxylic acids is 2. The van der Waals surface area contributed by atoms with E-state index in [1.165, 1.54) is 5.57 Å². The van der Waals surface area contributed by atoms with Crippen LogP contribution in [0.2, 0.25) is 0 Å². The highest BCUT2D eigenvalue weighted by Crippen LogP contribution is 2.71. The summed E-state index contributed by atoms with van der Waals surface area (Å²) in [6, 6.07) is 0. The summed E-state index contributed by atoms with van der Waals surface area (Å²) in [4.78, 5) is 23.9. The fourth-order valence-electron chi connectivity index (χ4n) is 7.11. The van der Waals surface area contributed by atoms with Gasteiger partial charge in [0, 0.05) is 11.5 Å². The highest BCUT2D eigenvalue weighted by atomic mass is 16.5. The van der Waals surface area contributed by atoms with Crippen LogP contribution < -0.4 is 4.74 Å². The van der Waals surface area contributed by atoms with Crippen LogP contribution in [0.3, 0.4) is 0 Å². The number of aldehydes is 2. The number of aromatic hydroxyl groups is 2. The maximum absolute atomic E-state index is 12.1. The molecule has 2 aliphatic carbocycles. The monoisotopic (exact) mass is 454 g/mol. The molecule has 5 unspecified atom stereocenters. The Hall–Kier alpha value is -2.30. The smallest absolute Gasteiger partial charge is 0.157 e. The van der Waals surface area contributed by atoms with Crippen molar-refractivity contribution in [1.82, 2.24) is 0 Å². The number of allylic oxidation sites excluding steroid dienone is 2. The number of hydrogen-bond donors (Lipinski definition) is 2. The Morgan fingerprint density at radius 2 is 1.76 bits per heavy atom. The van der Waals surface area contributed by atoms with Crippen LogP contribution in [0.15, 0.2) is 11.6 Å². The predicted octanol–water partition coefficient (Wildman–Crippen LogP) is 6.41. The lowest BCUT2D eigenvalue weighted by Gasteiger charge is -2.49. The molecule has 4 rings (SSSR count). The summed E-state index contributed by atoms with van der Waals surface area (Å²) >= 11 is 0. The first kappa shape index (κ1) is 23.8. The lowest BCUT2D eigenvalue weighted by atomic mass is 9.64. The van der Waals surface area contributed by atoms with Crippen molar-refractivity contribution in [3.8, 4) is 17.2 Å². The molecule has 1 aromatic rings. The Morgan fingerprint density at radius 3 is 2.36 bits per heavy atom. The molecule has 5 nitrogen and oxygen atoms in total. The number of phenolic OH excluding ortho intramolecular Hbond substituents is 2. The number of benzene rings is 1. The SMILES string of the molecule is CC1=CCCC2(C)Oc3c(C=O)c(O)c(C=O)c(O)c3C(CC(C)C)C2C2C(CC1)C2(C)C. The molecular formula is C28H38O5. The highest BCUT2D eigenvalue weighted by Gasteiger charge is 2.66. The van der Waals surface area contributed by atoms with E-state index in [9.17, 15) is 19.8 Å². The van der Waals surface area contributed by atoms with Crippen molar-refractivity contribution < 1.29 is 24.5 Å². The molecule has 0 amide bonds. The van der Waals surface area contributed by atoms with E-state index in [2.05, 4.69) is 47.6 Å². The van der Waals surface area contributed by atoms with E-state index in [0.717, 1.165) is 32.1 Å². The van der Waals surface area contributed by atoms with Crippen molar-refractivity contribution in [1.29, 1.82) is 0 Å². The van der Waals surface area contributed by atoms with E-state index in [4.69, 9.17) is 4.74 Å². The molecule has 1 aliphatic heterocycles. The maximum Gasteiger partial charge on any atom is 0.157 e. The first-order chi connectivity index (χ1) is 15.5.